The molecule has 16 heteroatoms. The zero-order valence-electron chi connectivity index (χ0n) is 34.2. The van der Waals surface area contributed by atoms with Gasteiger partial charge in [-0.3, -0.25) is 9.59 Å². The van der Waals surface area contributed by atoms with Gasteiger partial charge in [-0.2, -0.15) is 0 Å². The minimum absolute atomic E-state index is 0.142. The highest BCUT2D eigenvalue weighted by atomic mass is 16.5. The number of nitrogens with zero attached hydrogens (tertiary/aromatic N) is 4. The average Bonchev–Trinajstić information content (AvgIpc) is 4.08. The number of amides is 4. The number of imidazole rings is 2. The molecule has 16 nitrogen and oxygen atoms in total. The molecule has 2 atom stereocenters. The SMILES string of the molecule is CCC.CCC.COC(=O)NCC(=O)N1CCC[C@H]1c1ncc(-c2cc3c4c(c2)OCc2cc(-c5cnc([C@@H]6CCCN6C(=O)CNC(=O)OC)[nH]5)cc(c2-4)OC3)[nH]1. The van der Waals surface area contributed by atoms with E-state index in [4.69, 9.17) is 9.47 Å². The molecule has 2 aromatic carbocycles. The Morgan fingerprint density at radius 2 is 1.09 bits per heavy atom. The van der Waals surface area contributed by atoms with Gasteiger partial charge in [0.2, 0.25) is 11.8 Å². The first-order valence-corrected chi connectivity index (χ1v) is 20.1. The fourth-order valence-corrected chi connectivity index (χ4v) is 7.64. The van der Waals surface area contributed by atoms with Crippen molar-refractivity contribution in [3.05, 3.63) is 59.4 Å². The number of methoxy groups -OCH3 is 2. The number of rotatable bonds is 8. The normalized spacial score (nSPS) is 17.0. The lowest BCUT2D eigenvalue weighted by atomic mass is 9.87. The van der Waals surface area contributed by atoms with E-state index in [0.717, 1.165) is 82.0 Å². The Balaban J connectivity index is 0.000000892. The number of aromatic amines is 2. The van der Waals surface area contributed by atoms with Crippen LogP contribution in [0, 0.1) is 0 Å². The predicted octanol–water partition coefficient (Wildman–Crippen LogP) is 6.79. The summed E-state index contributed by atoms with van der Waals surface area (Å²) in [6.07, 6.45) is 7.94. The number of benzene rings is 2. The third kappa shape index (κ3) is 8.90. The van der Waals surface area contributed by atoms with Gasteiger partial charge in [0.15, 0.2) is 0 Å². The number of ether oxygens (including phenoxy) is 4. The van der Waals surface area contributed by atoms with E-state index in [9.17, 15) is 19.2 Å². The van der Waals surface area contributed by atoms with Crippen LogP contribution in [0.3, 0.4) is 0 Å². The Morgan fingerprint density at radius 1 is 0.690 bits per heavy atom. The summed E-state index contributed by atoms with van der Waals surface area (Å²) in [6, 6.07) is 7.74. The molecule has 2 fully saturated rings. The number of aromatic nitrogens is 4. The van der Waals surface area contributed by atoms with Crippen LogP contribution < -0.4 is 20.1 Å². The largest absolute Gasteiger partial charge is 0.488 e. The molecule has 0 saturated carbocycles. The monoisotopic (exact) mass is 798 g/mol. The van der Waals surface area contributed by atoms with Gasteiger partial charge >= 0.3 is 12.2 Å². The number of carbonyl (C=O) groups excluding carboxylic acids is 4. The fourth-order valence-electron chi connectivity index (χ4n) is 7.64. The van der Waals surface area contributed by atoms with Gasteiger partial charge in [0.25, 0.3) is 0 Å². The maximum absolute atomic E-state index is 12.9. The molecule has 6 heterocycles. The molecule has 0 unspecified atom stereocenters. The van der Waals surface area contributed by atoms with E-state index in [0.29, 0.717) is 38.0 Å². The van der Waals surface area contributed by atoms with Crippen molar-refractivity contribution in [2.75, 3.05) is 40.4 Å². The number of H-pyrrole nitrogens is 2. The summed E-state index contributed by atoms with van der Waals surface area (Å²) in [5, 5.41) is 4.93. The minimum atomic E-state index is -0.648. The van der Waals surface area contributed by atoms with Crippen LogP contribution in [0.4, 0.5) is 9.59 Å². The second kappa shape index (κ2) is 18.9. The topological polar surface area (TPSA) is 193 Å². The van der Waals surface area contributed by atoms with Crippen molar-refractivity contribution in [1.82, 2.24) is 40.4 Å². The summed E-state index contributed by atoms with van der Waals surface area (Å²) in [4.78, 5) is 68.3. The summed E-state index contributed by atoms with van der Waals surface area (Å²) >= 11 is 0. The standard InChI is InChI=1S/C36H38N8O8.2C3H8/c1-49-35(47)39-15-29(45)43-7-3-5-25(43)33-37-13-23(41-33)19-9-21-17-52-28-12-20(10-22-18-51-27(11-19)31(21)32(22)28)24-14-38-34(42-24)26-6-4-8-44(26)30(46)16-40-36(48)50-2;2*1-3-2/h9-14,25-26H,3-8,15-18H2,1-2H3,(H,37,41)(H,38,42)(H,39,47)(H,40,48);2*3H2,1-2H3/t25-,26-;;/m0../s1. The van der Waals surface area contributed by atoms with Crippen LogP contribution in [0.1, 0.15) is 101 Å². The fraction of sp³-hybridized carbons (Fsp3) is 0.476. The Kier molecular flexibility index (Phi) is 13.6. The first-order valence-electron chi connectivity index (χ1n) is 20.1. The Labute approximate surface area is 338 Å². The Hall–Kier alpha value is -6.06. The molecule has 310 valence electrons. The summed E-state index contributed by atoms with van der Waals surface area (Å²) < 4.78 is 21.9. The van der Waals surface area contributed by atoms with Crippen molar-refractivity contribution in [2.24, 2.45) is 0 Å². The molecule has 8 rings (SSSR count). The van der Waals surface area contributed by atoms with Crippen molar-refractivity contribution in [3.63, 3.8) is 0 Å². The van der Waals surface area contributed by atoms with Crippen molar-refractivity contribution in [2.45, 2.75) is 91.5 Å². The summed E-state index contributed by atoms with van der Waals surface area (Å²) in [6.45, 7) is 10.1. The molecule has 2 saturated heterocycles. The number of likely N-dealkylation sites (tertiary alicyclic amines) is 2. The van der Waals surface area contributed by atoms with E-state index in [1.165, 1.54) is 27.1 Å². The van der Waals surface area contributed by atoms with Crippen LogP contribution in [0.2, 0.25) is 0 Å². The average molecular weight is 799 g/mol. The van der Waals surface area contributed by atoms with Gasteiger partial charge in [-0.1, -0.05) is 40.5 Å². The van der Waals surface area contributed by atoms with E-state index in [1.807, 2.05) is 12.1 Å². The van der Waals surface area contributed by atoms with Crippen LogP contribution in [0.5, 0.6) is 11.5 Å². The molecule has 4 amide bonds. The molecule has 4 aliphatic rings. The van der Waals surface area contributed by atoms with Crippen molar-refractivity contribution >= 4 is 24.0 Å². The summed E-state index contributed by atoms with van der Waals surface area (Å²) in [7, 11) is 2.52. The van der Waals surface area contributed by atoms with Gasteiger partial charge in [0, 0.05) is 46.5 Å². The number of alkyl carbamates (subject to hydrolysis) is 2. The van der Waals surface area contributed by atoms with Crippen molar-refractivity contribution in [1.29, 1.82) is 0 Å². The maximum Gasteiger partial charge on any atom is 0.407 e. The van der Waals surface area contributed by atoms with Crippen LogP contribution in [0.15, 0.2) is 36.7 Å². The molecule has 58 heavy (non-hydrogen) atoms. The number of carbonyl (C=O) groups is 4. The molecular weight excluding hydrogens is 745 g/mol. The van der Waals surface area contributed by atoms with E-state index in [2.05, 4.69) is 79.9 Å². The highest BCUT2D eigenvalue weighted by Gasteiger charge is 2.35. The smallest absolute Gasteiger partial charge is 0.407 e. The molecule has 0 bridgehead atoms. The summed E-state index contributed by atoms with van der Waals surface area (Å²) in [5.41, 5.74) is 7.40. The second-order valence-electron chi connectivity index (χ2n) is 14.6. The molecular formula is C42H54N8O8. The highest BCUT2D eigenvalue weighted by Crippen LogP contribution is 2.51. The molecule has 4 aromatic rings. The van der Waals surface area contributed by atoms with E-state index >= 15 is 0 Å². The van der Waals surface area contributed by atoms with Crippen molar-refractivity contribution < 1.29 is 38.1 Å². The van der Waals surface area contributed by atoms with Crippen LogP contribution in [-0.4, -0.2) is 94.1 Å². The lowest BCUT2D eigenvalue weighted by Gasteiger charge is -2.30. The number of nitrogens with one attached hydrogen (secondary N) is 4. The van der Waals surface area contributed by atoms with E-state index < -0.39 is 12.2 Å². The highest BCUT2D eigenvalue weighted by molar-refractivity contribution is 5.88. The maximum atomic E-state index is 12.9. The van der Waals surface area contributed by atoms with E-state index in [-0.39, 0.29) is 37.0 Å². The Bertz CT molecular complexity index is 1910. The first kappa shape index (κ1) is 41.6. The predicted molar refractivity (Wildman–Crippen MR) is 216 cm³/mol. The molecule has 0 radical (unpaired) electrons. The molecule has 2 aromatic heterocycles. The van der Waals surface area contributed by atoms with E-state index in [1.54, 1.807) is 22.2 Å². The van der Waals surface area contributed by atoms with Crippen LogP contribution in [-0.2, 0) is 32.3 Å². The second-order valence-corrected chi connectivity index (χ2v) is 14.6. The number of hydrogen-bond acceptors (Lipinski definition) is 10. The van der Waals surface area contributed by atoms with Gasteiger partial charge < -0.3 is 49.3 Å². The quantitative estimate of drug-likeness (QED) is 0.148. The van der Waals surface area contributed by atoms with Gasteiger partial charge in [-0.15, -0.1) is 0 Å². The third-order valence-corrected chi connectivity index (χ3v) is 10.1. The van der Waals surface area contributed by atoms with Crippen LogP contribution >= 0.6 is 0 Å². The number of hydrogen-bond donors (Lipinski definition) is 4. The third-order valence-electron chi connectivity index (χ3n) is 10.1. The molecule has 0 spiro atoms. The Morgan fingerprint density at radius 3 is 1.47 bits per heavy atom. The van der Waals surface area contributed by atoms with Gasteiger partial charge in [-0.25, -0.2) is 19.6 Å². The molecule has 4 N–H and O–H groups in total. The zero-order chi connectivity index (χ0) is 41.3. The van der Waals surface area contributed by atoms with Gasteiger partial charge in [0.05, 0.1) is 50.1 Å². The molecule has 4 aliphatic heterocycles. The van der Waals surface area contributed by atoms with Crippen molar-refractivity contribution in [3.8, 4) is 45.1 Å². The first-order chi connectivity index (χ1) is 28.1. The van der Waals surface area contributed by atoms with Crippen LogP contribution in [0.25, 0.3) is 33.6 Å². The van der Waals surface area contributed by atoms with Gasteiger partial charge in [0.1, 0.15) is 49.5 Å². The minimum Gasteiger partial charge on any atom is -0.488 e. The molecule has 0 aliphatic carbocycles. The lowest BCUT2D eigenvalue weighted by molar-refractivity contribution is -0.132. The zero-order valence-corrected chi connectivity index (χ0v) is 34.2. The lowest BCUT2D eigenvalue weighted by Crippen LogP contribution is -2.40. The van der Waals surface area contributed by atoms with Gasteiger partial charge in [-0.05, 0) is 49.9 Å². The summed E-state index contributed by atoms with van der Waals surface area (Å²) in [5.74, 6) is 2.51.